The van der Waals surface area contributed by atoms with Crippen LogP contribution in [0.3, 0.4) is 0 Å². The molecule has 3 aromatic heterocycles. The number of amides is 2. The zero-order valence-electron chi connectivity index (χ0n) is 18.7. The first-order valence-corrected chi connectivity index (χ1v) is 10.9. The molecule has 1 aliphatic rings. The summed E-state index contributed by atoms with van der Waals surface area (Å²) in [4.78, 5) is 28.1. The fourth-order valence-electron chi connectivity index (χ4n) is 3.87. The number of rotatable bonds is 7. The van der Waals surface area contributed by atoms with Crippen molar-refractivity contribution in [2.75, 3.05) is 23.7 Å². The van der Waals surface area contributed by atoms with E-state index in [0.29, 0.717) is 24.5 Å². The lowest BCUT2D eigenvalue weighted by Crippen LogP contribution is -2.28. The molecule has 0 radical (unpaired) electrons. The van der Waals surface area contributed by atoms with Crippen molar-refractivity contribution in [2.45, 2.75) is 46.2 Å². The number of nitrogens with zero attached hydrogens (tertiary/aromatic N) is 5. The first-order valence-electron chi connectivity index (χ1n) is 10.9. The molecule has 1 saturated heterocycles. The molecule has 0 aromatic carbocycles. The number of carbonyl (C=O) groups is 2. The molecule has 4 rings (SSSR count). The van der Waals surface area contributed by atoms with E-state index in [1.165, 1.54) is 25.5 Å². The van der Waals surface area contributed by atoms with Crippen LogP contribution in [-0.4, -0.2) is 49.4 Å². The second-order valence-corrected chi connectivity index (χ2v) is 8.00. The molecular weight excluding hydrogens is 410 g/mol. The highest BCUT2D eigenvalue weighted by atomic mass is 16.4. The van der Waals surface area contributed by atoms with Gasteiger partial charge in [0.15, 0.2) is 5.76 Å². The molecule has 2 amide bonds. The highest BCUT2D eigenvalue weighted by molar-refractivity contribution is 6.11. The zero-order valence-corrected chi connectivity index (χ0v) is 18.7. The predicted molar refractivity (Wildman–Crippen MR) is 120 cm³/mol. The Morgan fingerprint density at radius 2 is 1.75 bits per heavy atom. The van der Waals surface area contributed by atoms with E-state index >= 15 is 0 Å². The van der Waals surface area contributed by atoms with E-state index in [2.05, 4.69) is 25.7 Å². The van der Waals surface area contributed by atoms with Crippen molar-refractivity contribution in [2.24, 2.45) is 7.05 Å². The lowest BCUT2D eigenvalue weighted by molar-refractivity contribution is 0.0992. The number of anilines is 2. The van der Waals surface area contributed by atoms with E-state index in [1.807, 2.05) is 19.9 Å². The van der Waals surface area contributed by atoms with Gasteiger partial charge in [-0.2, -0.15) is 10.2 Å². The minimum absolute atomic E-state index is 0.204. The van der Waals surface area contributed by atoms with Crippen molar-refractivity contribution in [1.82, 2.24) is 24.5 Å². The maximum atomic E-state index is 13.0. The third kappa shape index (κ3) is 4.59. The normalized spacial score (nSPS) is 14.5. The average molecular weight is 440 g/mol. The topological polar surface area (TPSA) is 110 Å². The van der Waals surface area contributed by atoms with E-state index < -0.39 is 5.91 Å². The standard InChI is InChI=1S/C22H29N7O3/c1-4-29-20(22(31)25-17-12-23-27(3)15(17)2)18(13-24-29)26-21(30)19-9-8-16(32-19)14-28-10-6-5-7-11-28/h8-9,12-13H,4-7,10-11,14H2,1-3H3,(H,25,31)(H,26,30). The largest absolute Gasteiger partial charge is 0.455 e. The summed E-state index contributed by atoms with van der Waals surface area (Å²) in [7, 11) is 1.80. The molecule has 0 unspecified atom stereocenters. The Kier molecular flexibility index (Phi) is 6.40. The molecule has 32 heavy (non-hydrogen) atoms. The third-order valence-electron chi connectivity index (χ3n) is 5.80. The van der Waals surface area contributed by atoms with Crippen molar-refractivity contribution < 1.29 is 14.0 Å². The molecule has 10 heteroatoms. The number of piperidine rings is 1. The van der Waals surface area contributed by atoms with Crippen LogP contribution in [0.5, 0.6) is 0 Å². The molecule has 3 aromatic rings. The van der Waals surface area contributed by atoms with Gasteiger partial charge < -0.3 is 15.1 Å². The molecule has 4 heterocycles. The Labute approximate surface area is 186 Å². The molecule has 1 fully saturated rings. The van der Waals surface area contributed by atoms with Gasteiger partial charge in [0, 0.05) is 13.6 Å². The first-order chi connectivity index (χ1) is 15.5. The highest BCUT2D eigenvalue weighted by Crippen LogP contribution is 2.21. The molecule has 10 nitrogen and oxygen atoms in total. The van der Waals surface area contributed by atoms with Gasteiger partial charge in [-0.1, -0.05) is 6.42 Å². The smallest absolute Gasteiger partial charge is 0.291 e. The van der Waals surface area contributed by atoms with Gasteiger partial charge in [-0.05, 0) is 51.9 Å². The van der Waals surface area contributed by atoms with E-state index in [-0.39, 0.29) is 17.4 Å². The lowest BCUT2D eigenvalue weighted by atomic mass is 10.1. The van der Waals surface area contributed by atoms with Crippen LogP contribution < -0.4 is 10.6 Å². The molecule has 0 aliphatic carbocycles. The summed E-state index contributed by atoms with van der Waals surface area (Å²) in [6.45, 7) is 7.01. The number of aryl methyl sites for hydroxylation is 2. The van der Waals surface area contributed by atoms with Crippen molar-refractivity contribution in [3.8, 4) is 0 Å². The summed E-state index contributed by atoms with van der Waals surface area (Å²) in [6, 6.07) is 3.50. The monoisotopic (exact) mass is 439 g/mol. The fraction of sp³-hybridized carbons (Fsp3) is 0.455. The van der Waals surface area contributed by atoms with Gasteiger partial charge in [0.2, 0.25) is 0 Å². The van der Waals surface area contributed by atoms with E-state index in [1.54, 1.807) is 28.7 Å². The quantitative estimate of drug-likeness (QED) is 0.586. The molecule has 2 N–H and O–H groups in total. The van der Waals surface area contributed by atoms with Gasteiger partial charge in [0.05, 0.1) is 36.0 Å². The first kappa shape index (κ1) is 21.8. The Bertz CT molecular complexity index is 1100. The van der Waals surface area contributed by atoms with Crippen LogP contribution >= 0.6 is 0 Å². The molecule has 0 atom stereocenters. The maximum absolute atomic E-state index is 13.0. The minimum Gasteiger partial charge on any atom is -0.455 e. The Balaban J connectivity index is 1.47. The summed E-state index contributed by atoms with van der Waals surface area (Å²) < 4.78 is 8.99. The number of nitrogens with one attached hydrogen (secondary N) is 2. The van der Waals surface area contributed by atoms with Crippen LogP contribution in [0.25, 0.3) is 0 Å². The van der Waals surface area contributed by atoms with Gasteiger partial charge in [-0.3, -0.25) is 23.9 Å². The maximum Gasteiger partial charge on any atom is 0.291 e. The molecule has 0 saturated carbocycles. The molecule has 0 spiro atoms. The van der Waals surface area contributed by atoms with E-state index in [0.717, 1.165) is 24.5 Å². The number of carbonyl (C=O) groups excluding carboxylic acids is 2. The Hall–Kier alpha value is -3.40. The van der Waals surface area contributed by atoms with E-state index in [9.17, 15) is 9.59 Å². The third-order valence-corrected chi connectivity index (χ3v) is 5.80. The number of likely N-dealkylation sites (tertiary alicyclic amines) is 1. The summed E-state index contributed by atoms with van der Waals surface area (Å²) in [5, 5.41) is 14.0. The van der Waals surface area contributed by atoms with Crippen molar-refractivity contribution in [1.29, 1.82) is 0 Å². The van der Waals surface area contributed by atoms with Gasteiger partial charge in [-0.25, -0.2) is 0 Å². The van der Waals surface area contributed by atoms with Gasteiger partial charge in [0.25, 0.3) is 11.8 Å². The average Bonchev–Trinajstić information content (AvgIpc) is 3.50. The van der Waals surface area contributed by atoms with Gasteiger partial charge in [-0.15, -0.1) is 0 Å². The fourth-order valence-corrected chi connectivity index (χ4v) is 3.87. The second-order valence-electron chi connectivity index (χ2n) is 8.00. The SMILES string of the molecule is CCn1ncc(NC(=O)c2ccc(CN3CCCCC3)o2)c1C(=O)Nc1cnn(C)c1C. The predicted octanol–water partition coefficient (Wildman–Crippen LogP) is 3.03. The summed E-state index contributed by atoms with van der Waals surface area (Å²) in [5.74, 6) is 0.167. The van der Waals surface area contributed by atoms with E-state index in [4.69, 9.17) is 4.42 Å². The highest BCUT2D eigenvalue weighted by Gasteiger charge is 2.23. The van der Waals surface area contributed by atoms with Crippen LogP contribution in [0.15, 0.2) is 28.9 Å². The van der Waals surface area contributed by atoms with Crippen molar-refractivity contribution in [3.05, 3.63) is 47.4 Å². The number of aromatic nitrogens is 4. The van der Waals surface area contributed by atoms with Crippen LogP contribution in [-0.2, 0) is 20.1 Å². The molecule has 1 aliphatic heterocycles. The van der Waals surface area contributed by atoms with Crippen molar-refractivity contribution >= 4 is 23.2 Å². The van der Waals surface area contributed by atoms with Crippen LogP contribution in [0, 0.1) is 6.92 Å². The zero-order chi connectivity index (χ0) is 22.7. The molecule has 170 valence electrons. The van der Waals surface area contributed by atoms with Crippen LogP contribution in [0.1, 0.15) is 58.7 Å². The number of furan rings is 1. The minimum atomic E-state index is -0.419. The van der Waals surface area contributed by atoms with Gasteiger partial charge >= 0.3 is 0 Å². The lowest BCUT2D eigenvalue weighted by Gasteiger charge is -2.25. The summed E-state index contributed by atoms with van der Waals surface area (Å²) in [5.41, 5.74) is 2.02. The summed E-state index contributed by atoms with van der Waals surface area (Å²) >= 11 is 0. The number of hydrogen-bond donors (Lipinski definition) is 2. The van der Waals surface area contributed by atoms with Crippen LogP contribution in [0.2, 0.25) is 0 Å². The molecular formula is C22H29N7O3. The van der Waals surface area contributed by atoms with Gasteiger partial charge in [0.1, 0.15) is 11.5 Å². The molecule has 0 bridgehead atoms. The summed E-state index contributed by atoms with van der Waals surface area (Å²) in [6.07, 6.45) is 6.72. The Morgan fingerprint density at radius 1 is 1.03 bits per heavy atom. The van der Waals surface area contributed by atoms with Crippen LogP contribution in [0.4, 0.5) is 11.4 Å². The second kappa shape index (κ2) is 9.39. The Morgan fingerprint density at radius 3 is 2.44 bits per heavy atom. The van der Waals surface area contributed by atoms with Crippen molar-refractivity contribution in [3.63, 3.8) is 0 Å². The number of hydrogen-bond acceptors (Lipinski definition) is 6.